The minimum Gasteiger partial charge on any atom is -0.439 e. The van der Waals surface area contributed by atoms with Gasteiger partial charge in [0.25, 0.3) is 0 Å². The van der Waals surface area contributed by atoms with Gasteiger partial charge in [0.15, 0.2) is 0 Å². The molecule has 0 saturated heterocycles. The first-order chi connectivity index (χ1) is 9.97. The lowest BCUT2D eigenvalue weighted by Crippen LogP contribution is -2.21. The molecule has 21 heavy (non-hydrogen) atoms. The second-order valence-electron chi connectivity index (χ2n) is 5.76. The summed E-state index contributed by atoms with van der Waals surface area (Å²) in [5, 5.41) is 0. The molecule has 0 amide bonds. The first-order valence-electron chi connectivity index (χ1n) is 7.45. The van der Waals surface area contributed by atoms with Gasteiger partial charge in [0.1, 0.15) is 5.75 Å². The highest BCUT2D eigenvalue weighted by molar-refractivity contribution is 5.38. The molecule has 1 heterocycles. The molecular weight excluding hydrogens is 260 g/mol. The van der Waals surface area contributed by atoms with Crippen LogP contribution in [0.15, 0.2) is 30.5 Å². The van der Waals surface area contributed by atoms with Crippen molar-refractivity contribution in [3.63, 3.8) is 0 Å². The average molecular weight is 284 g/mol. The number of ether oxygens (including phenoxy) is 1. The molecule has 0 bridgehead atoms. The zero-order valence-electron chi connectivity index (χ0n) is 13.3. The lowest BCUT2D eigenvalue weighted by Gasteiger charge is -2.12. The van der Waals surface area contributed by atoms with Crippen molar-refractivity contribution < 1.29 is 4.74 Å². The Labute approximate surface area is 127 Å². The quantitative estimate of drug-likeness (QED) is 0.900. The van der Waals surface area contributed by atoms with Gasteiger partial charge in [0, 0.05) is 17.8 Å². The van der Waals surface area contributed by atoms with Gasteiger partial charge < -0.3 is 10.5 Å². The normalized spacial score (nSPS) is 12.2. The van der Waals surface area contributed by atoms with Crippen LogP contribution in [-0.2, 0) is 6.42 Å². The highest BCUT2D eigenvalue weighted by Gasteiger charge is 2.08. The zero-order chi connectivity index (χ0) is 15.4. The Morgan fingerprint density at radius 1 is 1.10 bits per heavy atom. The van der Waals surface area contributed by atoms with Crippen molar-refractivity contribution in [3.05, 3.63) is 52.7 Å². The maximum Gasteiger partial charge on any atom is 0.222 e. The van der Waals surface area contributed by atoms with Crippen LogP contribution in [0.4, 0.5) is 0 Å². The molecule has 1 aromatic heterocycles. The molecule has 2 aromatic rings. The molecule has 3 heteroatoms. The van der Waals surface area contributed by atoms with Crippen molar-refractivity contribution in [3.8, 4) is 11.6 Å². The van der Waals surface area contributed by atoms with Crippen LogP contribution >= 0.6 is 0 Å². The van der Waals surface area contributed by atoms with E-state index >= 15 is 0 Å². The second kappa shape index (κ2) is 6.72. The van der Waals surface area contributed by atoms with E-state index < -0.39 is 0 Å². The van der Waals surface area contributed by atoms with Crippen LogP contribution in [0, 0.1) is 20.8 Å². The van der Waals surface area contributed by atoms with E-state index in [2.05, 4.69) is 37.9 Å². The number of hydrogen-bond donors (Lipinski definition) is 1. The number of aromatic nitrogens is 1. The van der Waals surface area contributed by atoms with Gasteiger partial charge in [-0.15, -0.1) is 0 Å². The molecule has 2 N–H and O–H groups in total. The summed E-state index contributed by atoms with van der Waals surface area (Å²) in [6.45, 7) is 8.25. The van der Waals surface area contributed by atoms with Gasteiger partial charge in [-0.2, -0.15) is 0 Å². The Balaban J connectivity index is 2.17. The van der Waals surface area contributed by atoms with Crippen LogP contribution in [-0.4, -0.2) is 11.0 Å². The maximum atomic E-state index is 5.99. The van der Waals surface area contributed by atoms with Gasteiger partial charge in [0.05, 0.1) is 0 Å². The summed E-state index contributed by atoms with van der Waals surface area (Å²) in [6.07, 6.45) is 3.69. The van der Waals surface area contributed by atoms with E-state index in [1.54, 1.807) is 0 Å². The molecule has 1 aromatic carbocycles. The second-order valence-corrected chi connectivity index (χ2v) is 5.76. The maximum absolute atomic E-state index is 5.99. The Morgan fingerprint density at radius 3 is 2.33 bits per heavy atom. The van der Waals surface area contributed by atoms with Crippen LogP contribution in [0.2, 0.25) is 0 Å². The van der Waals surface area contributed by atoms with Crippen LogP contribution < -0.4 is 10.5 Å². The molecule has 2 rings (SSSR count). The molecule has 0 aliphatic carbocycles. The Bertz CT molecular complexity index is 602. The van der Waals surface area contributed by atoms with E-state index in [9.17, 15) is 0 Å². The summed E-state index contributed by atoms with van der Waals surface area (Å²) in [7, 11) is 0. The largest absolute Gasteiger partial charge is 0.439 e. The van der Waals surface area contributed by atoms with Crippen molar-refractivity contribution in [1.82, 2.24) is 4.98 Å². The molecule has 112 valence electrons. The molecular formula is C18H24N2O. The third-order valence-corrected chi connectivity index (χ3v) is 3.52. The van der Waals surface area contributed by atoms with E-state index in [0.29, 0.717) is 5.88 Å². The van der Waals surface area contributed by atoms with Crippen molar-refractivity contribution in [2.75, 3.05) is 0 Å². The number of rotatable bonds is 5. The molecule has 0 aliphatic heterocycles. The van der Waals surface area contributed by atoms with Crippen LogP contribution in [0.5, 0.6) is 11.6 Å². The topological polar surface area (TPSA) is 48.1 Å². The minimum absolute atomic E-state index is 0.192. The molecule has 0 radical (unpaired) electrons. The fourth-order valence-corrected chi connectivity index (χ4v) is 2.39. The first-order valence-corrected chi connectivity index (χ1v) is 7.45. The molecule has 0 saturated carbocycles. The number of pyridine rings is 1. The van der Waals surface area contributed by atoms with Crippen LogP contribution in [0.25, 0.3) is 0 Å². The number of benzene rings is 1. The van der Waals surface area contributed by atoms with E-state index in [1.165, 1.54) is 11.1 Å². The van der Waals surface area contributed by atoms with Gasteiger partial charge in [-0.3, -0.25) is 0 Å². The van der Waals surface area contributed by atoms with E-state index in [-0.39, 0.29) is 6.04 Å². The third kappa shape index (κ3) is 4.30. The van der Waals surface area contributed by atoms with Gasteiger partial charge in [-0.05, 0) is 68.5 Å². The fraction of sp³-hybridized carbons (Fsp3) is 0.389. The summed E-state index contributed by atoms with van der Waals surface area (Å²) < 4.78 is 5.91. The minimum atomic E-state index is 0.192. The van der Waals surface area contributed by atoms with Crippen molar-refractivity contribution in [1.29, 1.82) is 0 Å². The highest BCUT2D eigenvalue weighted by Crippen LogP contribution is 2.25. The zero-order valence-corrected chi connectivity index (χ0v) is 13.3. The summed E-state index contributed by atoms with van der Waals surface area (Å²) in [5.74, 6) is 1.50. The molecule has 0 spiro atoms. The summed E-state index contributed by atoms with van der Waals surface area (Å²) in [6, 6.07) is 8.48. The Kier molecular flexibility index (Phi) is 4.97. The first kappa shape index (κ1) is 15.5. The number of aryl methyl sites for hydroxylation is 3. The van der Waals surface area contributed by atoms with E-state index in [0.717, 1.165) is 29.7 Å². The molecule has 0 fully saturated rings. The summed E-state index contributed by atoms with van der Waals surface area (Å²) >= 11 is 0. The molecule has 0 aliphatic rings. The molecule has 1 unspecified atom stereocenters. The monoisotopic (exact) mass is 284 g/mol. The Hall–Kier alpha value is -1.87. The lowest BCUT2D eigenvalue weighted by molar-refractivity contribution is 0.457. The summed E-state index contributed by atoms with van der Waals surface area (Å²) in [4.78, 5) is 4.44. The lowest BCUT2D eigenvalue weighted by atomic mass is 10.1. The van der Waals surface area contributed by atoms with Crippen molar-refractivity contribution >= 4 is 0 Å². The smallest absolute Gasteiger partial charge is 0.222 e. The number of hydrogen-bond acceptors (Lipinski definition) is 3. The highest BCUT2D eigenvalue weighted by atomic mass is 16.5. The predicted octanol–water partition coefficient (Wildman–Crippen LogP) is 4.08. The van der Waals surface area contributed by atoms with Gasteiger partial charge >= 0.3 is 0 Å². The van der Waals surface area contributed by atoms with Gasteiger partial charge in [-0.1, -0.05) is 13.0 Å². The van der Waals surface area contributed by atoms with E-state index in [4.69, 9.17) is 10.5 Å². The summed E-state index contributed by atoms with van der Waals surface area (Å²) in [5.41, 5.74) is 10.6. The van der Waals surface area contributed by atoms with E-state index in [1.807, 2.05) is 25.3 Å². The molecule has 3 nitrogen and oxygen atoms in total. The fourth-order valence-electron chi connectivity index (χ4n) is 2.39. The van der Waals surface area contributed by atoms with Crippen molar-refractivity contribution in [2.24, 2.45) is 5.73 Å². The number of nitrogens with two attached hydrogens (primary N) is 1. The predicted molar refractivity (Wildman–Crippen MR) is 86.9 cm³/mol. The van der Waals surface area contributed by atoms with Crippen LogP contribution in [0.1, 0.15) is 35.6 Å². The SMILES string of the molecule is CCC(N)Cc1cnc(Oc2cc(C)cc(C)c2)c(C)c1. The average Bonchev–Trinajstić information content (AvgIpc) is 2.40. The third-order valence-electron chi connectivity index (χ3n) is 3.52. The van der Waals surface area contributed by atoms with Gasteiger partial charge in [-0.25, -0.2) is 4.98 Å². The van der Waals surface area contributed by atoms with Gasteiger partial charge in [0.2, 0.25) is 5.88 Å². The molecule has 1 atom stereocenters. The van der Waals surface area contributed by atoms with Crippen LogP contribution in [0.3, 0.4) is 0 Å². The standard InChI is InChI=1S/C18H24N2O/c1-5-16(19)10-15-9-14(4)18(20-11-15)21-17-7-12(2)6-13(3)8-17/h6-9,11,16H,5,10,19H2,1-4H3. The number of nitrogens with zero attached hydrogens (tertiary/aromatic N) is 1. The van der Waals surface area contributed by atoms with Crippen molar-refractivity contribution in [2.45, 2.75) is 46.6 Å². The Morgan fingerprint density at radius 2 is 1.76 bits per heavy atom.